The summed E-state index contributed by atoms with van der Waals surface area (Å²) in [7, 11) is 0. The topological polar surface area (TPSA) is 50.4 Å². The highest BCUT2D eigenvalue weighted by Gasteiger charge is 2.31. The molecule has 17 heavy (non-hydrogen) atoms. The highest BCUT2D eigenvalue weighted by Crippen LogP contribution is 2.29. The highest BCUT2D eigenvalue weighted by atomic mass is 16.5. The first-order valence-electron chi connectivity index (χ1n) is 6.64. The molecule has 1 aliphatic rings. The fourth-order valence-corrected chi connectivity index (χ4v) is 2.20. The summed E-state index contributed by atoms with van der Waals surface area (Å²) in [5.41, 5.74) is 0.260. The van der Waals surface area contributed by atoms with Crippen molar-refractivity contribution >= 4 is 5.91 Å². The Morgan fingerprint density at radius 1 is 1.53 bits per heavy atom. The SMILES string of the molecule is CCCOCC(=O)NCC1NCCCC1(C)C. The number of carbonyl (C=O) groups excluding carboxylic acids is 1. The first-order chi connectivity index (χ1) is 8.06. The first-order valence-corrected chi connectivity index (χ1v) is 6.64. The van der Waals surface area contributed by atoms with E-state index in [-0.39, 0.29) is 17.9 Å². The summed E-state index contributed by atoms with van der Waals surface area (Å²) in [5, 5.41) is 6.42. The molecule has 0 saturated carbocycles. The molecule has 0 bridgehead atoms. The largest absolute Gasteiger partial charge is 0.372 e. The van der Waals surface area contributed by atoms with Crippen molar-refractivity contribution in [2.45, 2.75) is 46.1 Å². The van der Waals surface area contributed by atoms with E-state index in [9.17, 15) is 4.79 Å². The van der Waals surface area contributed by atoms with Gasteiger partial charge in [-0.25, -0.2) is 0 Å². The Morgan fingerprint density at radius 3 is 2.94 bits per heavy atom. The average Bonchev–Trinajstić information content (AvgIpc) is 2.27. The monoisotopic (exact) mass is 242 g/mol. The standard InChI is InChI=1S/C13H26N2O2/c1-4-8-17-10-12(16)15-9-11-13(2,3)6-5-7-14-11/h11,14H,4-10H2,1-3H3,(H,15,16). The molecule has 1 aliphatic heterocycles. The Hall–Kier alpha value is -0.610. The summed E-state index contributed by atoms with van der Waals surface area (Å²) in [6.45, 7) is 9.12. The number of carbonyl (C=O) groups is 1. The van der Waals surface area contributed by atoms with Gasteiger partial charge >= 0.3 is 0 Å². The molecule has 0 spiro atoms. The smallest absolute Gasteiger partial charge is 0.246 e. The Labute approximate surface area is 104 Å². The van der Waals surface area contributed by atoms with Crippen molar-refractivity contribution in [2.75, 3.05) is 26.3 Å². The van der Waals surface area contributed by atoms with Gasteiger partial charge in [0.2, 0.25) is 5.91 Å². The van der Waals surface area contributed by atoms with Crippen molar-refractivity contribution < 1.29 is 9.53 Å². The number of nitrogens with one attached hydrogen (secondary N) is 2. The predicted molar refractivity (Wildman–Crippen MR) is 68.9 cm³/mol. The molecular formula is C13H26N2O2. The van der Waals surface area contributed by atoms with E-state index in [1.807, 2.05) is 6.92 Å². The molecule has 1 saturated heterocycles. The van der Waals surface area contributed by atoms with Crippen molar-refractivity contribution in [2.24, 2.45) is 5.41 Å². The van der Waals surface area contributed by atoms with E-state index < -0.39 is 0 Å². The van der Waals surface area contributed by atoms with Crippen LogP contribution in [0.1, 0.15) is 40.0 Å². The summed E-state index contributed by atoms with van der Waals surface area (Å²) in [4.78, 5) is 11.5. The number of rotatable bonds is 6. The van der Waals surface area contributed by atoms with Crippen molar-refractivity contribution in [3.8, 4) is 0 Å². The average molecular weight is 242 g/mol. The van der Waals surface area contributed by atoms with E-state index in [4.69, 9.17) is 4.74 Å². The van der Waals surface area contributed by atoms with Crippen LogP contribution in [-0.4, -0.2) is 38.3 Å². The number of hydrogen-bond donors (Lipinski definition) is 2. The minimum Gasteiger partial charge on any atom is -0.372 e. The van der Waals surface area contributed by atoms with Crippen LogP contribution in [0.15, 0.2) is 0 Å². The zero-order chi connectivity index (χ0) is 12.7. The van der Waals surface area contributed by atoms with Gasteiger partial charge in [0.1, 0.15) is 6.61 Å². The Morgan fingerprint density at radius 2 is 2.29 bits per heavy atom. The molecule has 0 aliphatic carbocycles. The lowest BCUT2D eigenvalue weighted by Gasteiger charge is -2.39. The fourth-order valence-electron chi connectivity index (χ4n) is 2.20. The Bertz CT molecular complexity index is 242. The minimum absolute atomic E-state index is 0.0124. The van der Waals surface area contributed by atoms with Crippen LogP contribution < -0.4 is 10.6 Å². The van der Waals surface area contributed by atoms with Gasteiger partial charge in [-0.05, 0) is 31.2 Å². The van der Waals surface area contributed by atoms with E-state index in [0.717, 1.165) is 13.0 Å². The third kappa shape index (κ3) is 5.04. The quantitative estimate of drug-likeness (QED) is 0.690. The molecule has 1 rings (SSSR count). The zero-order valence-electron chi connectivity index (χ0n) is 11.3. The molecule has 2 N–H and O–H groups in total. The molecule has 0 radical (unpaired) electrons. The number of hydrogen-bond acceptors (Lipinski definition) is 3. The molecule has 1 unspecified atom stereocenters. The third-order valence-corrected chi connectivity index (χ3v) is 3.42. The lowest BCUT2D eigenvalue weighted by atomic mass is 9.77. The summed E-state index contributed by atoms with van der Waals surface area (Å²) in [6.07, 6.45) is 3.38. The van der Waals surface area contributed by atoms with Crippen molar-refractivity contribution in [1.29, 1.82) is 0 Å². The maximum atomic E-state index is 11.5. The Balaban J connectivity index is 2.22. The second-order valence-electron chi connectivity index (χ2n) is 5.46. The van der Waals surface area contributed by atoms with Crippen molar-refractivity contribution in [3.63, 3.8) is 0 Å². The van der Waals surface area contributed by atoms with Crippen molar-refractivity contribution in [3.05, 3.63) is 0 Å². The van der Waals surface area contributed by atoms with Crippen LogP contribution in [0.2, 0.25) is 0 Å². The van der Waals surface area contributed by atoms with Crippen LogP contribution >= 0.6 is 0 Å². The molecule has 4 heteroatoms. The van der Waals surface area contributed by atoms with Crippen LogP contribution in [0.3, 0.4) is 0 Å². The lowest BCUT2D eigenvalue weighted by molar-refractivity contribution is -0.125. The van der Waals surface area contributed by atoms with Gasteiger partial charge < -0.3 is 15.4 Å². The van der Waals surface area contributed by atoms with E-state index in [2.05, 4.69) is 24.5 Å². The molecule has 0 aromatic heterocycles. The van der Waals surface area contributed by atoms with Crippen LogP contribution in [0.25, 0.3) is 0 Å². The maximum absolute atomic E-state index is 11.5. The minimum atomic E-state index is -0.0124. The van der Waals surface area contributed by atoms with Gasteiger partial charge in [0.25, 0.3) is 0 Å². The van der Waals surface area contributed by atoms with Gasteiger partial charge in [-0.15, -0.1) is 0 Å². The lowest BCUT2D eigenvalue weighted by Crippen LogP contribution is -2.53. The molecule has 1 amide bonds. The zero-order valence-corrected chi connectivity index (χ0v) is 11.3. The second kappa shape index (κ2) is 6.97. The van der Waals surface area contributed by atoms with E-state index in [1.54, 1.807) is 0 Å². The molecular weight excluding hydrogens is 216 g/mol. The van der Waals surface area contributed by atoms with E-state index in [0.29, 0.717) is 19.2 Å². The first kappa shape index (κ1) is 14.5. The summed E-state index contributed by atoms with van der Waals surface area (Å²) in [6, 6.07) is 0.367. The van der Waals surface area contributed by atoms with Gasteiger partial charge in [-0.1, -0.05) is 20.8 Å². The van der Waals surface area contributed by atoms with Crippen LogP contribution in [0, 0.1) is 5.41 Å². The van der Waals surface area contributed by atoms with Crippen LogP contribution in [0.5, 0.6) is 0 Å². The van der Waals surface area contributed by atoms with Gasteiger partial charge in [0.05, 0.1) is 0 Å². The van der Waals surface area contributed by atoms with Crippen LogP contribution in [-0.2, 0) is 9.53 Å². The van der Waals surface area contributed by atoms with Gasteiger partial charge in [-0.3, -0.25) is 4.79 Å². The van der Waals surface area contributed by atoms with Crippen LogP contribution in [0.4, 0.5) is 0 Å². The van der Waals surface area contributed by atoms with Gasteiger partial charge in [-0.2, -0.15) is 0 Å². The molecule has 0 aromatic carbocycles. The van der Waals surface area contributed by atoms with E-state index in [1.165, 1.54) is 12.8 Å². The van der Waals surface area contributed by atoms with Crippen molar-refractivity contribution in [1.82, 2.24) is 10.6 Å². The van der Waals surface area contributed by atoms with E-state index >= 15 is 0 Å². The maximum Gasteiger partial charge on any atom is 0.246 e. The molecule has 1 atom stereocenters. The summed E-state index contributed by atoms with van der Waals surface area (Å²) in [5.74, 6) is -0.0124. The summed E-state index contributed by atoms with van der Waals surface area (Å²) >= 11 is 0. The molecule has 4 nitrogen and oxygen atoms in total. The molecule has 100 valence electrons. The fraction of sp³-hybridized carbons (Fsp3) is 0.923. The second-order valence-corrected chi connectivity index (χ2v) is 5.46. The predicted octanol–water partition coefficient (Wildman–Crippen LogP) is 1.31. The number of amides is 1. The molecule has 1 fully saturated rings. The highest BCUT2D eigenvalue weighted by molar-refractivity contribution is 5.77. The number of ether oxygens (including phenoxy) is 1. The normalized spacial score (nSPS) is 23.4. The van der Waals surface area contributed by atoms with Gasteiger partial charge in [0.15, 0.2) is 0 Å². The molecule has 1 heterocycles. The molecule has 0 aromatic rings. The third-order valence-electron chi connectivity index (χ3n) is 3.42. The number of piperidine rings is 1. The van der Waals surface area contributed by atoms with Gasteiger partial charge in [0, 0.05) is 19.2 Å². The Kier molecular flexibility index (Phi) is 5.92. The summed E-state index contributed by atoms with van der Waals surface area (Å²) < 4.78 is 5.20.